The summed E-state index contributed by atoms with van der Waals surface area (Å²) in [5, 5.41) is 7.83. The Morgan fingerprint density at radius 2 is 2.06 bits per heavy atom. The number of pyridine rings is 1. The van der Waals surface area contributed by atoms with Gasteiger partial charge in [0.05, 0.1) is 14.2 Å². The zero-order valence-corrected chi connectivity index (χ0v) is 9.22. The van der Waals surface area contributed by atoms with Crippen LogP contribution in [0.25, 0.3) is 5.65 Å². The number of hydrogen-bond acceptors (Lipinski definition) is 5. The average molecular weight is 221 g/mol. The van der Waals surface area contributed by atoms with Crippen LogP contribution in [0, 0.1) is 6.92 Å². The lowest BCUT2D eigenvalue weighted by Gasteiger charge is -2.06. The maximum atomic E-state index is 11.6. The summed E-state index contributed by atoms with van der Waals surface area (Å²) in [6, 6.07) is 3.29. The van der Waals surface area contributed by atoms with E-state index in [1.165, 1.54) is 14.2 Å². The zero-order valence-electron chi connectivity index (χ0n) is 9.22. The fraction of sp³-hybridized carbons (Fsp3) is 0.300. The maximum Gasteiger partial charge on any atom is 0.355 e. The Balaban J connectivity index is 2.76. The molecule has 0 fully saturated rings. The van der Waals surface area contributed by atoms with Crippen molar-refractivity contribution in [2.45, 2.75) is 6.92 Å². The fourth-order valence-electron chi connectivity index (χ4n) is 1.51. The van der Waals surface area contributed by atoms with Gasteiger partial charge in [0.2, 0.25) is 0 Å². The van der Waals surface area contributed by atoms with Gasteiger partial charge < -0.3 is 9.47 Å². The smallest absolute Gasteiger partial charge is 0.355 e. The third-order valence-corrected chi connectivity index (χ3v) is 2.27. The van der Waals surface area contributed by atoms with E-state index >= 15 is 0 Å². The summed E-state index contributed by atoms with van der Waals surface area (Å²) in [6.45, 7) is 1.76. The first-order chi connectivity index (χ1) is 7.67. The van der Waals surface area contributed by atoms with Crippen LogP contribution in [-0.4, -0.2) is 34.8 Å². The highest BCUT2D eigenvalue weighted by molar-refractivity contribution is 5.89. The quantitative estimate of drug-likeness (QED) is 0.703. The summed E-state index contributed by atoms with van der Waals surface area (Å²) >= 11 is 0. The predicted molar refractivity (Wildman–Crippen MR) is 55.6 cm³/mol. The average Bonchev–Trinajstić information content (AvgIpc) is 2.69. The van der Waals surface area contributed by atoms with E-state index < -0.39 is 5.97 Å². The summed E-state index contributed by atoms with van der Waals surface area (Å²) in [6.07, 6.45) is 0. The SMILES string of the molecule is COC(=O)c1cc(OC)cc2nnc(C)n12. The summed E-state index contributed by atoms with van der Waals surface area (Å²) in [4.78, 5) is 11.6. The molecular weight excluding hydrogens is 210 g/mol. The number of aromatic nitrogens is 3. The lowest BCUT2D eigenvalue weighted by Crippen LogP contribution is -2.09. The van der Waals surface area contributed by atoms with Crippen LogP contribution in [0.2, 0.25) is 0 Å². The number of esters is 1. The van der Waals surface area contributed by atoms with Crippen LogP contribution in [0.1, 0.15) is 16.3 Å². The number of ether oxygens (including phenoxy) is 2. The van der Waals surface area contributed by atoms with Crippen LogP contribution in [0.4, 0.5) is 0 Å². The molecule has 0 amide bonds. The van der Waals surface area contributed by atoms with Gasteiger partial charge in [-0.25, -0.2) is 4.79 Å². The molecule has 84 valence electrons. The number of carbonyl (C=O) groups excluding carboxylic acids is 1. The Morgan fingerprint density at radius 1 is 1.31 bits per heavy atom. The van der Waals surface area contributed by atoms with Crippen LogP contribution in [0.15, 0.2) is 12.1 Å². The van der Waals surface area contributed by atoms with Crippen molar-refractivity contribution < 1.29 is 14.3 Å². The molecule has 0 aliphatic rings. The van der Waals surface area contributed by atoms with Crippen molar-refractivity contribution in [3.63, 3.8) is 0 Å². The van der Waals surface area contributed by atoms with Crippen LogP contribution in [-0.2, 0) is 4.74 Å². The van der Waals surface area contributed by atoms with Crippen molar-refractivity contribution in [1.29, 1.82) is 0 Å². The van der Waals surface area contributed by atoms with Gasteiger partial charge in [0, 0.05) is 12.1 Å². The van der Waals surface area contributed by atoms with Crippen LogP contribution in [0.3, 0.4) is 0 Å². The Morgan fingerprint density at radius 3 is 2.69 bits per heavy atom. The molecule has 0 saturated carbocycles. The van der Waals surface area contributed by atoms with Crippen molar-refractivity contribution in [2.75, 3.05) is 14.2 Å². The second-order valence-corrected chi connectivity index (χ2v) is 3.21. The minimum atomic E-state index is -0.452. The van der Waals surface area contributed by atoms with Gasteiger partial charge in [0.1, 0.15) is 17.3 Å². The van der Waals surface area contributed by atoms with Gasteiger partial charge in [0.15, 0.2) is 5.65 Å². The van der Waals surface area contributed by atoms with Gasteiger partial charge in [-0.05, 0) is 6.92 Å². The number of carbonyl (C=O) groups is 1. The number of hydrogen-bond donors (Lipinski definition) is 0. The molecule has 0 aromatic carbocycles. The zero-order chi connectivity index (χ0) is 11.7. The molecule has 2 aromatic rings. The van der Waals surface area contributed by atoms with Crippen LogP contribution in [0.5, 0.6) is 5.75 Å². The van der Waals surface area contributed by atoms with E-state index in [0.717, 1.165) is 0 Å². The Bertz CT molecular complexity index is 547. The van der Waals surface area contributed by atoms with Crippen molar-refractivity contribution in [3.05, 3.63) is 23.7 Å². The lowest BCUT2D eigenvalue weighted by molar-refractivity contribution is 0.0591. The second kappa shape index (κ2) is 3.80. The molecule has 2 rings (SSSR count). The van der Waals surface area contributed by atoms with E-state index in [1.54, 1.807) is 23.5 Å². The molecule has 0 aliphatic carbocycles. The number of methoxy groups -OCH3 is 2. The lowest BCUT2D eigenvalue weighted by atomic mass is 10.3. The molecule has 2 heterocycles. The highest BCUT2D eigenvalue weighted by atomic mass is 16.5. The van der Waals surface area contributed by atoms with Crippen LogP contribution < -0.4 is 4.74 Å². The van der Waals surface area contributed by atoms with E-state index in [0.29, 0.717) is 22.9 Å². The number of nitrogens with zero attached hydrogens (tertiary/aromatic N) is 3. The molecule has 0 saturated heterocycles. The molecule has 0 unspecified atom stereocenters. The topological polar surface area (TPSA) is 65.7 Å². The van der Waals surface area contributed by atoms with Crippen LogP contribution >= 0.6 is 0 Å². The molecule has 0 atom stereocenters. The van der Waals surface area contributed by atoms with Crippen molar-refractivity contribution in [2.24, 2.45) is 0 Å². The Labute approximate surface area is 91.8 Å². The minimum Gasteiger partial charge on any atom is -0.497 e. The van der Waals surface area contributed by atoms with E-state index in [-0.39, 0.29) is 0 Å². The Kier molecular flexibility index (Phi) is 2.47. The third-order valence-electron chi connectivity index (χ3n) is 2.27. The first-order valence-electron chi connectivity index (χ1n) is 4.65. The van der Waals surface area contributed by atoms with Crippen molar-refractivity contribution in [1.82, 2.24) is 14.6 Å². The molecule has 0 bridgehead atoms. The summed E-state index contributed by atoms with van der Waals surface area (Å²) in [5.74, 6) is 0.713. The van der Waals surface area contributed by atoms with E-state index in [2.05, 4.69) is 10.2 Å². The van der Waals surface area contributed by atoms with Gasteiger partial charge in [-0.15, -0.1) is 10.2 Å². The van der Waals surface area contributed by atoms with E-state index in [9.17, 15) is 4.79 Å². The molecule has 0 N–H and O–H groups in total. The molecule has 16 heavy (non-hydrogen) atoms. The first kappa shape index (κ1) is 10.4. The fourth-order valence-corrected chi connectivity index (χ4v) is 1.51. The summed E-state index contributed by atoms with van der Waals surface area (Å²) in [7, 11) is 2.85. The van der Waals surface area contributed by atoms with Gasteiger partial charge in [-0.1, -0.05) is 0 Å². The maximum absolute atomic E-state index is 11.6. The molecule has 0 radical (unpaired) electrons. The highest BCUT2D eigenvalue weighted by Gasteiger charge is 2.15. The number of fused-ring (bicyclic) bond motifs is 1. The van der Waals surface area contributed by atoms with Gasteiger partial charge in [0.25, 0.3) is 0 Å². The molecule has 6 heteroatoms. The molecule has 2 aromatic heterocycles. The summed E-state index contributed by atoms with van der Waals surface area (Å²) in [5.41, 5.74) is 0.900. The highest BCUT2D eigenvalue weighted by Crippen LogP contribution is 2.18. The largest absolute Gasteiger partial charge is 0.497 e. The number of aryl methyl sites for hydroxylation is 1. The molecule has 0 aliphatic heterocycles. The second-order valence-electron chi connectivity index (χ2n) is 3.21. The monoisotopic (exact) mass is 221 g/mol. The molecular formula is C10H11N3O3. The van der Waals surface area contributed by atoms with Gasteiger partial charge >= 0.3 is 5.97 Å². The van der Waals surface area contributed by atoms with Gasteiger partial charge in [-0.3, -0.25) is 4.40 Å². The molecule has 6 nitrogen and oxygen atoms in total. The predicted octanol–water partition coefficient (Wildman–Crippen LogP) is 0.833. The Hall–Kier alpha value is -2.11. The third kappa shape index (κ3) is 1.48. The van der Waals surface area contributed by atoms with E-state index in [1.807, 2.05) is 0 Å². The van der Waals surface area contributed by atoms with Gasteiger partial charge in [-0.2, -0.15) is 0 Å². The van der Waals surface area contributed by atoms with E-state index in [4.69, 9.17) is 9.47 Å². The summed E-state index contributed by atoms with van der Waals surface area (Å²) < 4.78 is 11.4. The molecule has 0 spiro atoms. The van der Waals surface area contributed by atoms with Crippen molar-refractivity contribution >= 4 is 11.6 Å². The normalized spacial score (nSPS) is 10.4. The number of rotatable bonds is 2. The van der Waals surface area contributed by atoms with Crippen molar-refractivity contribution in [3.8, 4) is 5.75 Å². The minimum absolute atomic E-state index is 0.347. The standard InChI is InChI=1S/C10H11N3O3/c1-6-11-12-9-5-7(15-2)4-8(13(6)9)10(14)16-3/h4-5H,1-3H3. The first-order valence-corrected chi connectivity index (χ1v) is 4.65.